The molecule has 0 bridgehead atoms. The van der Waals surface area contributed by atoms with Crippen molar-refractivity contribution < 1.29 is 0 Å². The van der Waals surface area contributed by atoms with Crippen LogP contribution in [-0.2, 0) is 6.54 Å². The number of nitrogens with zero attached hydrogens (tertiary/aromatic N) is 3. The van der Waals surface area contributed by atoms with Crippen LogP contribution in [-0.4, -0.2) is 23.6 Å². The van der Waals surface area contributed by atoms with E-state index in [1.54, 1.807) is 17.5 Å². The SMILES string of the molecule is CCCNc1nccc(N(C)Cc2csc(Br)c2)n1. The molecule has 0 aliphatic heterocycles. The minimum atomic E-state index is 0.692. The smallest absolute Gasteiger partial charge is 0.224 e. The summed E-state index contributed by atoms with van der Waals surface area (Å²) in [5.41, 5.74) is 1.28. The van der Waals surface area contributed by atoms with E-state index in [1.165, 1.54) is 5.56 Å². The van der Waals surface area contributed by atoms with E-state index in [9.17, 15) is 0 Å². The summed E-state index contributed by atoms with van der Waals surface area (Å²) >= 11 is 5.18. The number of nitrogens with one attached hydrogen (secondary N) is 1. The van der Waals surface area contributed by atoms with Crippen LogP contribution in [0.5, 0.6) is 0 Å². The number of halogens is 1. The highest BCUT2D eigenvalue weighted by molar-refractivity contribution is 9.11. The Morgan fingerprint density at radius 1 is 1.47 bits per heavy atom. The third-order valence-electron chi connectivity index (χ3n) is 2.61. The molecule has 2 heterocycles. The minimum Gasteiger partial charge on any atom is -0.355 e. The summed E-state index contributed by atoms with van der Waals surface area (Å²) in [4.78, 5) is 10.8. The maximum atomic E-state index is 4.51. The standard InChI is InChI=1S/C13H17BrN4S/c1-3-5-15-13-16-6-4-12(17-13)18(2)8-10-7-11(14)19-9-10/h4,6-7,9H,3,5,8H2,1-2H3,(H,15,16,17). The summed E-state index contributed by atoms with van der Waals surface area (Å²) in [7, 11) is 2.04. The Bertz CT molecular complexity index is 529. The van der Waals surface area contributed by atoms with E-state index in [4.69, 9.17) is 0 Å². The number of hydrogen-bond acceptors (Lipinski definition) is 5. The second-order valence-electron chi connectivity index (χ2n) is 4.28. The summed E-state index contributed by atoms with van der Waals surface area (Å²) in [6.45, 7) is 3.86. The van der Waals surface area contributed by atoms with Gasteiger partial charge in [0.25, 0.3) is 0 Å². The molecule has 0 aromatic carbocycles. The molecule has 0 amide bonds. The maximum Gasteiger partial charge on any atom is 0.224 e. The van der Waals surface area contributed by atoms with E-state index in [2.05, 4.69) is 54.5 Å². The van der Waals surface area contributed by atoms with Gasteiger partial charge in [-0.3, -0.25) is 0 Å². The Morgan fingerprint density at radius 2 is 2.32 bits per heavy atom. The Kier molecular flexibility index (Phi) is 5.15. The van der Waals surface area contributed by atoms with Gasteiger partial charge in [-0.05, 0) is 45.4 Å². The Morgan fingerprint density at radius 3 is 3.00 bits per heavy atom. The normalized spacial score (nSPS) is 10.5. The van der Waals surface area contributed by atoms with Crippen LogP contribution >= 0.6 is 27.3 Å². The molecular weight excluding hydrogens is 324 g/mol. The van der Waals surface area contributed by atoms with Crippen molar-refractivity contribution in [3.8, 4) is 0 Å². The third kappa shape index (κ3) is 4.18. The highest BCUT2D eigenvalue weighted by Crippen LogP contribution is 2.22. The molecule has 0 saturated carbocycles. The Balaban J connectivity index is 2.03. The molecular formula is C13H17BrN4S. The molecule has 4 nitrogen and oxygen atoms in total. The van der Waals surface area contributed by atoms with Gasteiger partial charge in [-0.15, -0.1) is 11.3 Å². The molecule has 19 heavy (non-hydrogen) atoms. The molecule has 0 spiro atoms. The van der Waals surface area contributed by atoms with Crippen LogP contribution in [0.2, 0.25) is 0 Å². The van der Waals surface area contributed by atoms with E-state index in [-0.39, 0.29) is 0 Å². The third-order valence-corrected chi connectivity index (χ3v) is 4.16. The van der Waals surface area contributed by atoms with Crippen molar-refractivity contribution in [1.29, 1.82) is 0 Å². The van der Waals surface area contributed by atoms with Gasteiger partial charge < -0.3 is 10.2 Å². The summed E-state index contributed by atoms with van der Waals surface area (Å²) in [6, 6.07) is 4.07. The van der Waals surface area contributed by atoms with Crippen LogP contribution in [0.3, 0.4) is 0 Å². The first-order valence-electron chi connectivity index (χ1n) is 6.20. The number of thiophene rings is 1. The molecule has 6 heteroatoms. The molecule has 0 saturated heterocycles. The number of anilines is 2. The Hall–Kier alpha value is -1.14. The van der Waals surface area contributed by atoms with E-state index in [0.29, 0.717) is 5.95 Å². The fraction of sp³-hybridized carbons (Fsp3) is 0.385. The van der Waals surface area contributed by atoms with Crippen molar-refractivity contribution in [2.45, 2.75) is 19.9 Å². The largest absolute Gasteiger partial charge is 0.355 e. The van der Waals surface area contributed by atoms with Gasteiger partial charge in [-0.25, -0.2) is 4.98 Å². The van der Waals surface area contributed by atoms with Crippen LogP contribution < -0.4 is 10.2 Å². The Labute approximate surface area is 126 Å². The van der Waals surface area contributed by atoms with Crippen LogP contribution in [0, 0.1) is 0 Å². The highest BCUT2D eigenvalue weighted by Gasteiger charge is 2.06. The molecule has 0 unspecified atom stereocenters. The molecule has 0 fully saturated rings. The quantitative estimate of drug-likeness (QED) is 0.869. The summed E-state index contributed by atoms with van der Waals surface area (Å²) in [5, 5.41) is 5.35. The minimum absolute atomic E-state index is 0.692. The van der Waals surface area contributed by atoms with Crippen molar-refractivity contribution >= 4 is 39.0 Å². The zero-order valence-corrected chi connectivity index (χ0v) is 13.5. The first-order chi connectivity index (χ1) is 9.19. The van der Waals surface area contributed by atoms with Gasteiger partial charge in [-0.2, -0.15) is 4.98 Å². The molecule has 0 aliphatic rings. The van der Waals surface area contributed by atoms with E-state index >= 15 is 0 Å². The average molecular weight is 341 g/mol. The van der Waals surface area contributed by atoms with Crippen molar-refractivity contribution in [2.24, 2.45) is 0 Å². The van der Waals surface area contributed by atoms with E-state index < -0.39 is 0 Å². The van der Waals surface area contributed by atoms with Crippen LogP contribution in [0.15, 0.2) is 27.5 Å². The molecule has 102 valence electrons. The van der Waals surface area contributed by atoms with Gasteiger partial charge in [0.05, 0.1) is 3.79 Å². The fourth-order valence-electron chi connectivity index (χ4n) is 1.67. The van der Waals surface area contributed by atoms with Crippen molar-refractivity contribution in [1.82, 2.24) is 9.97 Å². The highest BCUT2D eigenvalue weighted by atomic mass is 79.9. The van der Waals surface area contributed by atoms with Gasteiger partial charge in [0.2, 0.25) is 5.95 Å². The van der Waals surface area contributed by atoms with Gasteiger partial charge in [0.1, 0.15) is 5.82 Å². The second-order valence-corrected chi connectivity index (χ2v) is 6.57. The van der Waals surface area contributed by atoms with Gasteiger partial charge >= 0.3 is 0 Å². The molecule has 0 atom stereocenters. The number of rotatable bonds is 6. The molecule has 2 aromatic heterocycles. The number of aromatic nitrogens is 2. The molecule has 2 rings (SSSR count). The first kappa shape index (κ1) is 14.3. The summed E-state index contributed by atoms with van der Waals surface area (Å²) < 4.78 is 1.16. The predicted octanol–water partition coefficient (Wildman–Crippen LogP) is 3.76. The van der Waals surface area contributed by atoms with Crippen LogP contribution in [0.25, 0.3) is 0 Å². The zero-order valence-electron chi connectivity index (χ0n) is 11.1. The molecule has 0 radical (unpaired) electrons. The lowest BCUT2D eigenvalue weighted by Gasteiger charge is -2.17. The van der Waals surface area contributed by atoms with Crippen molar-refractivity contribution in [3.63, 3.8) is 0 Å². The summed E-state index contributed by atoms with van der Waals surface area (Å²) in [6.07, 6.45) is 2.85. The second kappa shape index (κ2) is 6.86. The van der Waals surface area contributed by atoms with Gasteiger partial charge in [0.15, 0.2) is 0 Å². The lowest BCUT2D eigenvalue weighted by molar-refractivity contribution is 0.887. The van der Waals surface area contributed by atoms with Crippen molar-refractivity contribution in [3.05, 3.63) is 33.1 Å². The molecule has 1 N–H and O–H groups in total. The fourth-order valence-corrected chi connectivity index (χ4v) is 2.87. The van der Waals surface area contributed by atoms with Crippen LogP contribution in [0.4, 0.5) is 11.8 Å². The first-order valence-corrected chi connectivity index (χ1v) is 7.87. The van der Waals surface area contributed by atoms with Gasteiger partial charge in [-0.1, -0.05) is 6.92 Å². The number of hydrogen-bond donors (Lipinski definition) is 1. The molecule has 0 aliphatic carbocycles. The summed E-state index contributed by atoms with van der Waals surface area (Å²) in [5.74, 6) is 1.62. The zero-order chi connectivity index (χ0) is 13.7. The van der Waals surface area contributed by atoms with Gasteiger partial charge in [0, 0.05) is 26.3 Å². The lowest BCUT2D eigenvalue weighted by atomic mass is 10.3. The monoisotopic (exact) mass is 340 g/mol. The van der Waals surface area contributed by atoms with Crippen molar-refractivity contribution in [2.75, 3.05) is 23.8 Å². The lowest BCUT2D eigenvalue weighted by Crippen LogP contribution is -2.18. The van der Waals surface area contributed by atoms with Crippen LogP contribution in [0.1, 0.15) is 18.9 Å². The maximum absolute atomic E-state index is 4.51. The molecule has 2 aromatic rings. The van der Waals surface area contributed by atoms with E-state index in [0.717, 1.165) is 29.1 Å². The topological polar surface area (TPSA) is 41.1 Å². The average Bonchev–Trinajstić information content (AvgIpc) is 2.82. The van der Waals surface area contributed by atoms with E-state index in [1.807, 2.05) is 13.1 Å². The predicted molar refractivity (Wildman–Crippen MR) is 84.9 cm³/mol.